The number of aliphatic carboxylic acids is 1. The number of nitrogens with two attached hydrogens (primary N) is 1. The third kappa shape index (κ3) is 8.53. The van der Waals surface area contributed by atoms with Crippen LogP contribution in [0.4, 0.5) is 0 Å². The van der Waals surface area contributed by atoms with E-state index in [-0.39, 0.29) is 12.2 Å². The lowest BCUT2D eigenvalue weighted by atomic mass is 10.1. The summed E-state index contributed by atoms with van der Waals surface area (Å²) in [4.78, 5) is 48.1. The molecule has 0 saturated carbocycles. The van der Waals surface area contributed by atoms with Crippen molar-refractivity contribution in [2.45, 2.75) is 43.6 Å². The number of carbonyl (C=O) groups is 4. The van der Waals surface area contributed by atoms with Gasteiger partial charge < -0.3 is 37.0 Å². The van der Waals surface area contributed by atoms with Gasteiger partial charge in [-0.15, -0.1) is 0 Å². The zero-order valence-corrected chi connectivity index (χ0v) is 17.8. The van der Waals surface area contributed by atoms with Crippen LogP contribution >= 0.6 is 12.6 Å². The molecule has 11 nitrogen and oxygen atoms in total. The average Bonchev–Trinajstić information content (AvgIpc) is 2.73. The number of rotatable bonds is 12. The third-order valence-electron chi connectivity index (χ3n) is 4.31. The Kier molecular flexibility index (Phi) is 11.0. The number of nitrogens with one attached hydrogen (secondary N) is 3. The highest BCUT2D eigenvalue weighted by Crippen LogP contribution is 2.03. The Bertz CT molecular complexity index is 763. The number of benzene rings is 1. The van der Waals surface area contributed by atoms with Gasteiger partial charge in [0.05, 0.1) is 18.8 Å². The second kappa shape index (κ2) is 12.9. The number of aliphatic hydroxyl groups excluding tert-OH is 2. The molecule has 3 amide bonds. The SMILES string of the molecule is CC(O)C(NC(=O)C(CS)NC(=O)C(CO)NC(=O)C(N)Cc1ccccc1)C(=O)O. The van der Waals surface area contributed by atoms with Gasteiger partial charge in [-0.25, -0.2) is 4.79 Å². The maximum atomic E-state index is 12.4. The van der Waals surface area contributed by atoms with Gasteiger partial charge in [-0.05, 0) is 18.9 Å². The van der Waals surface area contributed by atoms with Gasteiger partial charge in [0.25, 0.3) is 0 Å². The second-order valence-electron chi connectivity index (χ2n) is 6.85. The van der Waals surface area contributed by atoms with Gasteiger partial charge in [0.2, 0.25) is 17.7 Å². The molecule has 8 N–H and O–H groups in total. The summed E-state index contributed by atoms with van der Waals surface area (Å²) in [7, 11) is 0. The molecule has 172 valence electrons. The highest BCUT2D eigenvalue weighted by atomic mass is 32.1. The van der Waals surface area contributed by atoms with Crippen LogP contribution in [0.2, 0.25) is 0 Å². The van der Waals surface area contributed by atoms with Crippen molar-refractivity contribution in [1.29, 1.82) is 0 Å². The van der Waals surface area contributed by atoms with Crippen molar-refractivity contribution in [2.24, 2.45) is 5.73 Å². The van der Waals surface area contributed by atoms with Crippen LogP contribution in [0.3, 0.4) is 0 Å². The Morgan fingerprint density at radius 3 is 2.03 bits per heavy atom. The summed E-state index contributed by atoms with van der Waals surface area (Å²) in [5.74, 6) is -4.13. The Labute approximate surface area is 184 Å². The smallest absolute Gasteiger partial charge is 0.328 e. The number of hydrogen-bond acceptors (Lipinski definition) is 8. The minimum absolute atomic E-state index is 0.205. The monoisotopic (exact) mass is 456 g/mol. The van der Waals surface area contributed by atoms with Gasteiger partial charge in [-0.2, -0.15) is 12.6 Å². The topological polar surface area (TPSA) is 191 Å². The molecule has 0 spiro atoms. The van der Waals surface area contributed by atoms with Crippen LogP contribution < -0.4 is 21.7 Å². The molecular formula is C19H28N4O7S. The van der Waals surface area contributed by atoms with Crippen LogP contribution in [0.5, 0.6) is 0 Å². The molecular weight excluding hydrogens is 428 g/mol. The van der Waals surface area contributed by atoms with Crippen molar-refractivity contribution < 1.29 is 34.5 Å². The summed E-state index contributed by atoms with van der Waals surface area (Å²) in [5.41, 5.74) is 6.67. The lowest BCUT2D eigenvalue weighted by molar-refractivity contribution is -0.145. The zero-order valence-electron chi connectivity index (χ0n) is 16.9. The maximum Gasteiger partial charge on any atom is 0.328 e. The van der Waals surface area contributed by atoms with E-state index in [0.717, 1.165) is 5.56 Å². The first-order valence-corrected chi connectivity index (χ1v) is 10.1. The first-order chi connectivity index (χ1) is 14.6. The van der Waals surface area contributed by atoms with E-state index in [1.54, 1.807) is 24.3 Å². The molecule has 0 radical (unpaired) electrons. The second-order valence-corrected chi connectivity index (χ2v) is 7.21. The molecule has 5 atom stereocenters. The van der Waals surface area contributed by atoms with Crippen molar-refractivity contribution in [3.8, 4) is 0 Å². The fraction of sp³-hybridized carbons (Fsp3) is 0.474. The molecule has 0 saturated heterocycles. The molecule has 1 aromatic rings. The summed E-state index contributed by atoms with van der Waals surface area (Å²) >= 11 is 3.96. The van der Waals surface area contributed by atoms with Crippen LogP contribution in [-0.4, -0.2) is 81.6 Å². The van der Waals surface area contributed by atoms with Gasteiger partial charge in [-0.1, -0.05) is 30.3 Å². The summed E-state index contributed by atoms with van der Waals surface area (Å²) in [6.45, 7) is 0.422. The van der Waals surface area contributed by atoms with Crippen molar-refractivity contribution >= 4 is 36.3 Å². The van der Waals surface area contributed by atoms with Crippen molar-refractivity contribution in [3.63, 3.8) is 0 Å². The summed E-state index contributed by atoms with van der Waals surface area (Å²) in [6, 6.07) is 3.74. The molecule has 31 heavy (non-hydrogen) atoms. The molecule has 0 heterocycles. The molecule has 0 fully saturated rings. The van der Waals surface area contributed by atoms with E-state index in [2.05, 4.69) is 28.6 Å². The molecule has 0 aliphatic carbocycles. The number of thiol groups is 1. The van der Waals surface area contributed by atoms with E-state index in [1.807, 2.05) is 6.07 Å². The Morgan fingerprint density at radius 1 is 1.00 bits per heavy atom. The minimum Gasteiger partial charge on any atom is -0.480 e. The predicted octanol–water partition coefficient (Wildman–Crippen LogP) is -2.60. The maximum absolute atomic E-state index is 12.4. The van der Waals surface area contributed by atoms with Crippen molar-refractivity contribution in [1.82, 2.24) is 16.0 Å². The van der Waals surface area contributed by atoms with E-state index >= 15 is 0 Å². The van der Waals surface area contributed by atoms with Crippen LogP contribution in [0.15, 0.2) is 30.3 Å². The van der Waals surface area contributed by atoms with E-state index in [0.29, 0.717) is 0 Å². The Hall–Kier alpha value is -2.67. The number of hydrogen-bond donors (Lipinski definition) is 8. The summed E-state index contributed by atoms with van der Waals surface area (Å²) in [6.07, 6.45) is -1.17. The molecule has 12 heteroatoms. The van der Waals surface area contributed by atoms with E-state index in [4.69, 9.17) is 10.8 Å². The normalized spacial score (nSPS) is 15.6. The standard InChI is InChI=1S/C19H28N4O7S/c1-10(25)15(19(29)30)23-18(28)14(9-31)22-17(27)13(8-24)21-16(26)12(20)7-11-5-3-2-4-6-11/h2-6,10,12-15,24-25,31H,7-9,20H2,1H3,(H,21,26)(H,22,27)(H,23,28)(H,29,30). The van der Waals surface area contributed by atoms with Crippen LogP contribution in [0, 0.1) is 0 Å². The van der Waals surface area contributed by atoms with Gasteiger partial charge in [-0.3, -0.25) is 14.4 Å². The van der Waals surface area contributed by atoms with E-state index in [9.17, 15) is 29.4 Å². The molecule has 1 aromatic carbocycles. The van der Waals surface area contributed by atoms with Gasteiger partial charge >= 0.3 is 5.97 Å². The summed E-state index contributed by atoms with van der Waals surface area (Å²) in [5, 5.41) is 34.7. The number of aliphatic hydroxyl groups is 2. The third-order valence-corrected chi connectivity index (χ3v) is 4.68. The lowest BCUT2D eigenvalue weighted by Crippen LogP contribution is -2.59. The Morgan fingerprint density at radius 2 is 1.55 bits per heavy atom. The first-order valence-electron chi connectivity index (χ1n) is 9.43. The first kappa shape index (κ1) is 26.4. The molecule has 5 unspecified atom stereocenters. The molecule has 0 bridgehead atoms. The predicted molar refractivity (Wildman–Crippen MR) is 114 cm³/mol. The van der Waals surface area contributed by atoms with Crippen LogP contribution in [0.1, 0.15) is 12.5 Å². The van der Waals surface area contributed by atoms with Crippen molar-refractivity contribution in [2.75, 3.05) is 12.4 Å². The number of carbonyl (C=O) groups excluding carboxylic acids is 3. The Balaban J connectivity index is 2.71. The van der Waals surface area contributed by atoms with Crippen LogP contribution in [0.25, 0.3) is 0 Å². The number of carboxylic acid groups (broad SMARTS) is 1. The fourth-order valence-corrected chi connectivity index (χ4v) is 2.80. The van der Waals surface area contributed by atoms with E-state index < -0.39 is 60.6 Å². The zero-order chi connectivity index (χ0) is 23.6. The molecule has 0 aliphatic heterocycles. The number of carboxylic acids is 1. The number of amides is 3. The fourth-order valence-electron chi connectivity index (χ4n) is 2.54. The molecule has 0 aromatic heterocycles. The average molecular weight is 457 g/mol. The minimum atomic E-state index is -1.59. The van der Waals surface area contributed by atoms with E-state index in [1.165, 1.54) is 6.92 Å². The quantitative estimate of drug-likeness (QED) is 0.157. The van der Waals surface area contributed by atoms with Gasteiger partial charge in [0.15, 0.2) is 6.04 Å². The highest BCUT2D eigenvalue weighted by Gasteiger charge is 2.31. The molecule has 1 rings (SSSR count). The molecule has 0 aliphatic rings. The lowest BCUT2D eigenvalue weighted by Gasteiger charge is -2.24. The van der Waals surface area contributed by atoms with Crippen molar-refractivity contribution in [3.05, 3.63) is 35.9 Å². The van der Waals surface area contributed by atoms with Gasteiger partial charge in [0, 0.05) is 5.75 Å². The highest BCUT2D eigenvalue weighted by molar-refractivity contribution is 7.80. The van der Waals surface area contributed by atoms with Crippen LogP contribution in [-0.2, 0) is 25.6 Å². The van der Waals surface area contributed by atoms with Gasteiger partial charge in [0.1, 0.15) is 12.1 Å². The largest absolute Gasteiger partial charge is 0.480 e. The summed E-state index contributed by atoms with van der Waals surface area (Å²) < 4.78 is 0.